The Bertz CT molecular complexity index is 343. The van der Waals surface area contributed by atoms with Crippen LogP contribution in [0.3, 0.4) is 0 Å². The third kappa shape index (κ3) is 2.02. The van der Waals surface area contributed by atoms with Crippen molar-refractivity contribution in [3.63, 3.8) is 0 Å². The summed E-state index contributed by atoms with van der Waals surface area (Å²) in [6.07, 6.45) is 3.00. The summed E-state index contributed by atoms with van der Waals surface area (Å²) in [5.74, 6) is -0.978. The maximum absolute atomic E-state index is 10.6. The van der Waals surface area contributed by atoms with Crippen molar-refractivity contribution in [2.45, 2.75) is 0 Å². The first-order chi connectivity index (χ1) is 6.17. The van der Waals surface area contributed by atoms with Gasteiger partial charge in [0.15, 0.2) is 0 Å². The number of nitrogens with zero attached hydrogens (tertiary/aromatic N) is 1. The molecule has 0 aliphatic rings. The Morgan fingerprint density at radius 3 is 2.08 bits per heavy atom. The van der Waals surface area contributed by atoms with Gasteiger partial charge in [-0.05, 0) is 24.3 Å². The quantitative estimate of drug-likeness (QED) is 0.765. The summed E-state index contributed by atoms with van der Waals surface area (Å²) in [7, 11) is 0. The maximum Gasteiger partial charge on any atom is 0.335 e. The summed E-state index contributed by atoms with van der Waals surface area (Å²) in [4.78, 5) is 14.7. The van der Waals surface area contributed by atoms with Crippen LogP contribution >= 0.6 is 0 Å². The molecule has 0 spiro atoms. The van der Waals surface area contributed by atoms with Crippen LogP contribution in [0.25, 0.3) is 12.2 Å². The molecule has 0 unspecified atom stereocenters. The molecule has 0 aromatic carbocycles. The molecule has 13 heavy (non-hydrogen) atoms. The Kier molecular flexibility index (Phi) is 2.59. The smallest absolute Gasteiger partial charge is 0.335 e. The van der Waals surface area contributed by atoms with Crippen LogP contribution < -0.4 is 0 Å². The van der Waals surface area contributed by atoms with Gasteiger partial charge in [0, 0.05) is 0 Å². The van der Waals surface area contributed by atoms with E-state index < -0.39 is 5.97 Å². The molecule has 0 bridgehead atoms. The zero-order valence-electron chi connectivity index (χ0n) is 7.03. The molecular weight excluding hydrogens is 166 g/mol. The summed E-state index contributed by atoms with van der Waals surface area (Å²) in [6.45, 7) is 7.03. The van der Waals surface area contributed by atoms with E-state index in [1.165, 1.54) is 24.3 Å². The average Bonchev–Trinajstić information content (AvgIpc) is 2.16. The Labute approximate surface area is 76.1 Å². The number of pyridine rings is 1. The molecule has 0 saturated heterocycles. The van der Waals surface area contributed by atoms with Gasteiger partial charge in [-0.2, -0.15) is 0 Å². The molecule has 3 nitrogen and oxygen atoms in total. The van der Waals surface area contributed by atoms with Crippen LogP contribution in [0.4, 0.5) is 0 Å². The van der Waals surface area contributed by atoms with Gasteiger partial charge in [-0.3, -0.25) is 0 Å². The van der Waals surface area contributed by atoms with E-state index in [1.54, 1.807) is 0 Å². The molecule has 1 rings (SSSR count). The van der Waals surface area contributed by atoms with Crippen molar-refractivity contribution < 1.29 is 9.90 Å². The van der Waals surface area contributed by atoms with Crippen LogP contribution in [-0.2, 0) is 0 Å². The third-order valence-corrected chi connectivity index (χ3v) is 1.53. The van der Waals surface area contributed by atoms with E-state index in [1.807, 2.05) is 0 Å². The Hall–Kier alpha value is -1.90. The van der Waals surface area contributed by atoms with E-state index >= 15 is 0 Å². The Morgan fingerprint density at radius 1 is 1.31 bits per heavy atom. The number of hydrogen-bond acceptors (Lipinski definition) is 2. The van der Waals surface area contributed by atoms with Crippen LogP contribution in [-0.4, -0.2) is 16.1 Å². The number of aromatic nitrogens is 1. The minimum absolute atomic E-state index is 0.194. The van der Waals surface area contributed by atoms with E-state index in [2.05, 4.69) is 18.1 Å². The van der Waals surface area contributed by atoms with Crippen LogP contribution in [0.5, 0.6) is 0 Å². The highest BCUT2D eigenvalue weighted by atomic mass is 16.4. The molecule has 0 saturated carbocycles. The molecule has 1 aromatic rings. The first-order valence-electron chi connectivity index (χ1n) is 3.67. The Morgan fingerprint density at radius 2 is 1.77 bits per heavy atom. The normalized spacial score (nSPS) is 9.23. The summed E-state index contributed by atoms with van der Waals surface area (Å²) < 4.78 is 0. The lowest BCUT2D eigenvalue weighted by molar-refractivity contribution is 0.0696. The van der Waals surface area contributed by atoms with Gasteiger partial charge in [-0.25, -0.2) is 9.78 Å². The van der Waals surface area contributed by atoms with Crippen molar-refractivity contribution >= 4 is 18.1 Å². The van der Waals surface area contributed by atoms with Gasteiger partial charge in [0.1, 0.15) is 0 Å². The molecular formula is C10H9NO2. The van der Waals surface area contributed by atoms with Crippen molar-refractivity contribution in [1.29, 1.82) is 0 Å². The minimum Gasteiger partial charge on any atom is -0.478 e. The first-order valence-corrected chi connectivity index (χ1v) is 3.67. The lowest BCUT2D eigenvalue weighted by Crippen LogP contribution is -1.99. The van der Waals surface area contributed by atoms with Crippen molar-refractivity contribution in [2.75, 3.05) is 0 Å². The van der Waals surface area contributed by atoms with E-state index in [0.717, 1.165) is 0 Å². The molecule has 3 heteroatoms. The van der Waals surface area contributed by atoms with Gasteiger partial charge < -0.3 is 5.11 Å². The summed E-state index contributed by atoms with van der Waals surface area (Å²) in [5, 5.41) is 8.73. The largest absolute Gasteiger partial charge is 0.478 e. The lowest BCUT2D eigenvalue weighted by atomic mass is 10.2. The molecule has 0 aliphatic carbocycles. The van der Waals surface area contributed by atoms with Crippen molar-refractivity contribution in [3.05, 3.63) is 42.2 Å². The topological polar surface area (TPSA) is 50.2 Å². The highest BCUT2D eigenvalue weighted by Gasteiger charge is 2.04. The fourth-order valence-corrected chi connectivity index (χ4v) is 0.907. The number of aromatic carboxylic acids is 1. The third-order valence-electron chi connectivity index (χ3n) is 1.53. The fourth-order valence-electron chi connectivity index (χ4n) is 0.907. The zero-order valence-corrected chi connectivity index (χ0v) is 7.03. The molecule has 0 amide bonds. The van der Waals surface area contributed by atoms with Crippen LogP contribution in [0, 0.1) is 0 Å². The number of carbonyl (C=O) groups is 1. The molecule has 1 heterocycles. The van der Waals surface area contributed by atoms with Gasteiger partial charge in [0.05, 0.1) is 17.0 Å². The fraction of sp³-hybridized carbons (Fsp3) is 0. The second-order valence-electron chi connectivity index (χ2n) is 2.42. The highest BCUT2D eigenvalue weighted by Crippen LogP contribution is 2.08. The molecule has 0 atom stereocenters. The average molecular weight is 175 g/mol. The number of carboxylic acids is 1. The lowest BCUT2D eigenvalue weighted by Gasteiger charge is -1.99. The predicted octanol–water partition coefficient (Wildman–Crippen LogP) is 2.07. The standard InChI is InChI=1S/C10H9NO2/c1-3-8-5-7(10(12)13)6-9(4-2)11-8/h3-6H,1-2H2,(H,12,13). The predicted molar refractivity (Wildman–Crippen MR) is 51.4 cm³/mol. The van der Waals surface area contributed by atoms with Crippen LogP contribution in [0.15, 0.2) is 25.3 Å². The molecule has 66 valence electrons. The summed E-state index contributed by atoms with van der Waals surface area (Å²) in [6, 6.07) is 2.92. The van der Waals surface area contributed by atoms with Crippen molar-refractivity contribution in [2.24, 2.45) is 0 Å². The number of hydrogen-bond donors (Lipinski definition) is 1. The zero-order chi connectivity index (χ0) is 9.84. The van der Waals surface area contributed by atoms with Gasteiger partial charge in [-0.15, -0.1) is 0 Å². The molecule has 0 fully saturated rings. The van der Waals surface area contributed by atoms with E-state index in [4.69, 9.17) is 5.11 Å². The summed E-state index contributed by atoms with van der Waals surface area (Å²) >= 11 is 0. The van der Waals surface area contributed by atoms with E-state index in [0.29, 0.717) is 11.4 Å². The minimum atomic E-state index is -0.978. The second-order valence-corrected chi connectivity index (χ2v) is 2.42. The molecule has 1 aromatic heterocycles. The maximum atomic E-state index is 10.6. The molecule has 0 aliphatic heterocycles. The van der Waals surface area contributed by atoms with Gasteiger partial charge in [-0.1, -0.05) is 13.2 Å². The number of carboxylic acid groups (broad SMARTS) is 1. The van der Waals surface area contributed by atoms with E-state index in [-0.39, 0.29) is 5.56 Å². The SMILES string of the molecule is C=Cc1cc(C(=O)O)cc(C=C)n1. The van der Waals surface area contributed by atoms with Crippen molar-refractivity contribution in [1.82, 2.24) is 4.98 Å². The van der Waals surface area contributed by atoms with E-state index in [9.17, 15) is 4.79 Å². The highest BCUT2D eigenvalue weighted by molar-refractivity contribution is 5.88. The second kappa shape index (κ2) is 3.67. The van der Waals surface area contributed by atoms with Gasteiger partial charge in [0.25, 0.3) is 0 Å². The molecule has 0 radical (unpaired) electrons. The van der Waals surface area contributed by atoms with Crippen molar-refractivity contribution in [3.8, 4) is 0 Å². The molecule has 1 N–H and O–H groups in total. The Balaban J connectivity index is 3.30. The van der Waals surface area contributed by atoms with Crippen LogP contribution in [0.2, 0.25) is 0 Å². The van der Waals surface area contributed by atoms with Gasteiger partial charge >= 0.3 is 5.97 Å². The number of rotatable bonds is 3. The summed E-state index contributed by atoms with van der Waals surface area (Å²) in [5.41, 5.74) is 1.27. The monoisotopic (exact) mass is 175 g/mol. The van der Waals surface area contributed by atoms with Gasteiger partial charge in [0.2, 0.25) is 0 Å². The first kappa shape index (κ1) is 9.19. The van der Waals surface area contributed by atoms with Crippen LogP contribution in [0.1, 0.15) is 21.7 Å².